The molecule has 0 unspecified atom stereocenters. The Kier molecular flexibility index (Phi) is 5.92. The number of rotatable bonds is 6. The summed E-state index contributed by atoms with van der Waals surface area (Å²) in [5.41, 5.74) is 5.12. The molecular formula is C22H20ClN5OS. The zero-order valence-electron chi connectivity index (χ0n) is 16.6. The normalized spacial score (nSPS) is 10.9. The summed E-state index contributed by atoms with van der Waals surface area (Å²) in [4.78, 5) is 21.4. The van der Waals surface area contributed by atoms with E-state index in [2.05, 4.69) is 20.4 Å². The van der Waals surface area contributed by atoms with Crippen molar-refractivity contribution in [1.82, 2.24) is 25.1 Å². The molecule has 4 aromatic rings. The van der Waals surface area contributed by atoms with Crippen LogP contribution in [0.4, 0.5) is 0 Å². The largest absolute Gasteiger partial charge is 0.345 e. The number of aromatic nitrogens is 4. The SMILES string of the molecule is Cc1ccc(Cn2nc(C)c(C(=O)NCc3nc(-c4ccncc4)cs3)c2Cl)cc1. The van der Waals surface area contributed by atoms with Gasteiger partial charge in [0.15, 0.2) is 0 Å². The van der Waals surface area contributed by atoms with E-state index >= 15 is 0 Å². The van der Waals surface area contributed by atoms with Crippen LogP contribution in [-0.4, -0.2) is 25.7 Å². The summed E-state index contributed by atoms with van der Waals surface area (Å²) < 4.78 is 1.65. The highest BCUT2D eigenvalue weighted by atomic mass is 35.5. The fraction of sp³-hybridized carbons (Fsp3) is 0.182. The first-order chi connectivity index (χ1) is 14.5. The zero-order valence-corrected chi connectivity index (χ0v) is 18.2. The Bertz CT molecular complexity index is 1170. The summed E-state index contributed by atoms with van der Waals surface area (Å²) in [5.74, 6) is -0.256. The molecule has 152 valence electrons. The van der Waals surface area contributed by atoms with Gasteiger partial charge in [-0.05, 0) is 31.5 Å². The van der Waals surface area contributed by atoms with Gasteiger partial charge < -0.3 is 5.32 Å². The highest BCUT2D eigenvalue weighted by Crippen LogP contribution is 2.23. The zero-order chi connectivity index (χ0) is 21.1. The Morgan fingerprint density at radius 3 is 2.60 bits per heavy atom. The number of amides is 1. The first-order valence-electron chi connectivity index (χ1n) is 9.42. The first-order valence-corrected chi connectivity index (χ1v) is 10.7. The van der Waals surface area contributed by atoms with Crippen molar-refractivity contribution in [2.75, 3.05) is 0 Å². The molecule has 3 aromatic heterocycles. The minimum Gasteiger partial charge on any atom is -0.345 e. The Morgan fingerprint density at radius 1 is 1.13 bits per heavy atom. The third-order valence-corrected chi connectivity index (χ3v) is 5.91. The molecule has 0 spiro atoms. The molecular weight excluding hydrogens is 418 g/mol. The van der Waals surface area contributed by atoms with Gasteiger partial charge in [-0.15, -0.1) is 11.3 Å². The van der Waals surface area contributed by atoms with E-state index in [1.165, 1.54) is 16.9 Å². The second-order valence-electron chi connectivity index (χ2n) is 6.94. The highest BCUT2D eigenvalue weighted by molar-refractivity contribution is 7.09. The maximum Gasteiger partial charge on any atom is 0.256 e. The third kappa shape index (κ3) is 4.42. The van der Waals surface area contributed by atoms with Crippen molar-refractivity contribution in [3.05, 3.63) is 86.7 Å². The van der Waals surface area contributed by atoms with Crippen molar-refractivity contribution in [2.45, 2.75) is 26.9 Å². The van der Waals surface area contributed by atoms with E-state index in [-0.39, 0.29) is 5.91 Å². The van der Waals surface area contributed by atoms with Gasteiger partial charge in [0.2, 0.25) is 0 Å². The number of hydrogen-bond donors (Lipinski definition) is 1. The molecule has 0 fully saturated rings. The monoisotopic (exact) mass is 437 g/mol. The Hall–Kier alpha value is -3.03. The highest BCUT2D eigenvalue weighted by Gasteiger charge is 2.20. The van der Waals surface area contributed by atoms with Crippen LogP contribution in [0.2, 0.25) is 5.15 Å². The summed E-state index contributed by atoms with van der Waals surface area (Å²) in [6.45, 7) is 4.67. The minimum atomic E-state index is -0.256. The molecule has 1 amide bonds. The van der Waals surface area contributed by atoms with Crippen LogP contribution in [0.3, 0.4) is 0 Å². The Morgan fingerprint density at radius 2 is 1.87 bits per heavy atom. The van der Waals surface area contributed by atoms with Gasteiger partial charge >= 0.3 is 0 Å². The number of halogens is 1. The number of carbonyl (C=O) groups is 1. The van der Waals surface area contributed by atoms with E-state index in [0.717, 1.165) is 21.8 Å². The van der Waals surface area contributed by atoms with Crippen LogP contribution in [0.25, 0.3) is 11.3 Å². The fourth-order valence-electron chi connectivity index (χ4n) is 3.07. The summed E-state index contributed by atoms with van der Waals surface area (Å²) >= 11 is 7.99. The van der Waals surface area contributed by atoms with Gasteiger partial charge in [-0.1, -0.05) is 41.4 Å². The standard InChI is InChI=1S/C22H20ClN5OS/c1-14-3-5-16(6-4-14)12-28-21(23)20(15(2)27-28)22(29)25-11-19-26-18(13-30-19)17-7-9-24-10-8-17/h3-10,13H,11-12H2,1-2H3,(H,25,29). The Balaban J connectivity index is 1.44. The summed E-state index contributed by atoms with van der Waals surface area (Å²) in [6, 6.07) is 12.0. The molecule has 30 heavy (non-hydrogen) atoms. The van der Waals surface area contributed by atoms with Gasteiger partial charge in [0.05, 0.1) is 30.0 Å². The van der Waals surface area contributed by atoms with Crippen molar-refractivity contribution < 1.29 is 4.79 Å². The van der Waals surface area contributed by atoms with Crippen LogP contribution in [-0.2, 0) is 13.1 Å². The maximum atomic E-state index is 12.8. The van der Waals surface area contributed by atoms with Crippen molar-refractivity contribution in [2.24, 2.45) is 0 Å². The lowest BCUT2D eigenvalue weighted by atomic mass is 10.1. The summed E-state index contributed by atoms with van der Waals surface area (Å²) in [6.07, 6.45) is 3.46. The van der Waals surface area contributed by atoms with Crippen molar-refractivity contribution >= 4 is 28.8 Å². The number of nitrogens with one attached hydrogen (secondary N) is 1. The molecule has 1 aromatic carbocycles. The predicted octanol–water partition coefficient (Wildman–Crippen LogP) is 4.65. The van der Waals surface area contributed by atoms with Crippen LogP contribution in [0.5, 0.6) is 0 Å². The fourth-order valence-corrected chi connectivity index (χ4v) is 4.14. The second-order valence-corrected chi connectivity index (χ2v) is 8.24. The van der Waals surface area contributed by atoms with E-state index < -0.39 is 0 Å². The predicted molar refractivity (Wildman–Crippen MR) is 119 cm³/mol. The molecule has 0 bridgehead atoms. The first kappa shape index (κ1) is 20.3. The van der Waals surface area contributed by atoms with E-state index in [0.29, 0.717) is 29.5 Å². The number of benzene rings is 1. The van der Waals surface area contributed by atoms with Crippen LogP contribution < -0.4 is 5.32 Å². The molecule has 6 nitrogen and oxygen atoms in total. The molecule has 8 heteroatoms. The molecule has 0 aliphatic carbocycles. The van der Waals surface area contributed by atoms with Gasteiger partial charge in [-0.2, -0.15) is 5.10 Å². The van der Waals surface area contributed by atoms with E-state index in [9.17, 15) is 4.79 Å². The molecule has 1 N–H and O–H groups in total. The third-order valence-electron chi connectivity index (χ3n) is 4.67. The molecule has 0 aliphatic rings. The Labute approximate surface area is 183 Å². The number of carbonyl (C=O) groups excluding carboxylic acids is 1. The van der Waals surface area contributed by atoms with Crippen molar-refractivity contribution in [1.29, 1.82) is 0 Å². The molecule has 0 atom stereocenters. The number of hydrogen-bond acceptors (Lipinski definition) is 5. The molecule has 0 radical (unpaired) electrons. The smallest absolute Gasteiger partial charge is 0.256 e. The quantitative estimate of drug-likeness (QED) is 0.476. The van der Waals surface area contributed by atoms with Crippen molar-refractivity contribution in [3.63, 3.8) is 0 Å². The second kappa shape index (κ2) is 8.77. The van der Waals surface area contributed by atoms with E-state index in [1.54, 1.807) is 24.0 Å². The van der Waals surface area contributed by atoms with E-state index in [4.69, 9.17) is 11.6 Å². The molecule has 0 saturated carbocycles. The molecule has 3 heterocycles. The lowest BCUT2D eigenvalue weighted by Gasteiger charge is -2.05. The van der Waals surface area contributed by atoms with Crippen LogP contribution in [0, 0.1) is 13.8 Å². The average Bonchev–Trinajstić information content (AvgIpc) is 3.33. The maximum absolute atomic E-state index is 12.8. The van der Waals surface area contributed by atoms with E-state index in [1.807, 2.05) is 48.7 Å². The minimum absolute atomic E-state index is 0.256. The van der Waals surface area contributed by atoms with Crippen LogP contribution in [0.1, 0.15) is 32.2 Å². The molecule has 0 saturated heterocycles. The number of nitrogens with zero attached hydrogens (tertiary/aromatic N) is 4. The van der Waals surface area contributed by atoms with Gasteiger partial charge in [0.25, 0.3) is 5.91 Å². The van der Waals surface area contributed by atoms with Crippen LogP contribution in [0.15, 0.2) is 54.2 Å². The van der Waals surface area contributed by atoms with Gasteiger partial charge in [-0.3, -0.25) is 9.78 Å². The van der Waals surface area contributed by atoms with Crippen LogP contribution >= 0.6 is 22.9 Å². The number of pyridine rings is 1. The summed E-state index contributed by atoms with van der Waals surface area (Å²) in [7, 11) is 0. The van der Waals surface area contributed by atoms with Gasteiger partial charge in [0.1, 0.15) is 10.2 Å². The lowest BCUT2D eigenvalue weighted by molar-refractivity contribution is 0.0950. The van der Waals surface area contributed by atoms with Crippen molar-refractivity contribution in [3.8, 4) is 11.3 Å². The molecule has 4 rings (SSSR count). The van der Waals surface area contributed by atoms with Gasteiger partial charge in [0, 0.05) is 23.3 Å². The molecule has 0 aliphatic heterocycles. The topological polar surface area (TPSA) is 72.7 Å². The number of aryl methyl sites for hydroxylation is 2. The average molecular weight is 438 g/mol. The number of thiazole rings is 1. The summed E-state index contributed by atoms with van der Waals surface area (Å²) in [5, 5.41) is 10.5. The lowest BCUT2D eigenvalue weighted by Crippen LogP contribution is -2.23. The van der Waals surface area contributed by atoms with Gasteiger partial charge in [-0.25, -0.2) is 9.67 Å².